The van der Waals surface area contributed by atoms with Gasteiger partial charge in [-0.05, 0) is 18.2 Å². The maximum Gasteiger partial charge on any atom is 0.222 e. The lowest BCUT2D eigenvalue weighted by Crippen LogP contribution is -2.30. The van der Waals surface area contributed by atoms with Gasteiger partial charge >= 0.3 is 0 Å². The lowest BCUT2D eigenvalue weighted by Gasteiger charge is -2.18. The summed E-state index contributed by atoms with van der Waals surface area (Å²) in [5.74, 6) is -0.0432. The van der Waals surface area contributed by atoms with Gasteiger partial charge in [-0.25, -0.2) is 0 Å². The van der Waals surface area contributed by atoms with Crippen LogP contribution in [0.1, 0.15) is 12.1 Å². The molecule has 3 heterocycles. The normalized spacial score (nSPS) is 32.5. The molecule has 0 aliphatic carbocycles. The van der Waals surface area contributed by atoms with Gasteiger partial charge in [0.2, 0.25) is 12.1 Å². The van der Waals surface area contributed by atoms with Crippen molar-refractivity contribution in [2.24, 2.45) is 0 Å². The fraction of sp³-hybridized carbons (Fsp3) is 0.364. The first kappa shape index (κ1) is 8.88. The average Bonchev–Trinajstić information content (AvgIpc) is 2.84. The molecule has 15 heavy (non-hydrogen) atoms. The molecular weight excluding hydrogens is 194 g/mol. The molecule has 0 spiro atoms. The topological polar surface area (TPSA) is 51.3 Å². The molecule has 2 fully saturated rings. The summed E-state index contributed by atoms with van der Waals surface area (Å²) < 4.78 is 10.6. The number of ketones is 1. The van der Waals surface area contributed by atoms with Gasteiger partial charge in [-0.1, -0.05) is 0 Å². The van der Waals surface area contributed by atoms with Crippen molar-refractivity contribution in [1.29, 1.82) is 0 Å². The second kappa shape index (κ2) is 3.32. The quantitative estimate of drug-likeness (QED) is 0.699. The first-order valence-electron chi connectivity index (χ1n) is 4.98. The summed E-state index contributed by atoms with van der Waals surface area (Å²) in [5.41, 5.74) is 1.73. The molecule has 0 amide bonds. The highest BCUT2D eigenvalue weighted by Gasteiger charge is 2.39. The maximum atomic E-state index is 11.8. The minimum Gasteiger partial charge on any atom is -0.362 e. The highest BCUT2D eigenvalue weighted by atomic mass is 16.7. The average molecular weight is 205 g/mol. The number of carbonyl (C=O) groups is 1. The number of fused-ring (bicyclic) bond motifs is 2. The Morgan fingerprint density at radius 1 is 1.53 bits per heavy atom. The Hall–Kier alpha value is -1.39. The fourth-order valence-corrected chi connectivity index (χ4v) is 1.94. The molecule has 4 heteroatoms. The van der Waals surface area contributed by atoms with E-state index >= 15 is 0 Å². The van der Waals surface area contributed by atoms with Crippen molar-refractivity contribution in [2.75, 3.05) is 6.61 Å². The molecular formula is C11H11NO3. The van der Waals surface area contributed by atoms with Crippen LogP contribution in [0.25, 0.3) is 6.08 Å². The predicted molar refractivity (Wildman–Crippen MR) is 53.0 cm³/mol. The zero-order valence-electron chi connectivity index (χ0n) is 8.10. The SMILES string of the molecule is O=C1/C(=C/c2ccc[nH]2)C[C@H]2CO[C@@H]1O2. The lowest BCUT2D eigenvalue weighted by molar-refractivity contribution is -0.146. The van der Waals surface area contributed by atoms with Crippen LogP contribution in [-0.2, 0) is 14.3 Å². The van der Waals surface area contributed by atoms with Gasteiger partial charge in [0.15, 0.2) is 0 Å². The third kappa shape index (κ3) is 1.52. The maximum absolute atomic E-state index is 11.8. The zero-order valence-corrected chi connectivity index (χ0v) is 8.10. The van der Waals surface area contributed by atoms with Crippen molar-refractivity contribution in [3.8, 4) is 0 Å². The van der Waals surface area contributed by atoms with Crippen molar-refractivity contribution in [3.63, 3.8) is 0 Å². The van der Waals surface area contributed by atoms with E-state index in [9.17, 15) is 4.79 Å². The first-order chi connectivity index (χ1) is 7.33. The predicted octanol–water partition coefficient (Wildman–Crippen LogP) is 1.11. The van der Waals surface area contributed by atoms with E-state index < -0.39 is 6.29 Å². The molecule has 2 aliphatic heterocycles. The monoisotopic (exact) mass is 205 g/mol. The number of H-pyrrole nitrogens is 1. The van der Waals surface area contributed by atoms with Crippen LogP contribution in [0.2, 0.25) is 0 Å². The Kier molecular flexibility index (Phi) is 1.97. The van der Waals surface area contributed by atoms with E-state index in [1.54, 1.807) is 0 Å². The van der Waals surface area contributed by atoms with Crippen LogP contribution in [-0.4, -0.2) is 29.8 Å². The molecule has 4 nitrogen and oxygen atoms in total. The second-order valence-corrected chi connectivity index (χ2v) is 3.79. The number of aromatic amines is 1. The minimum atomic E-state index is -0.662. The largest absolute Gasteiger partial charge is 0.362 e. The fourth-order valence-electron chi connectivity index (χ4n) is 1.94. The van der Waals surface area contributed by atoms with Crippen molar-refractivity contribution in [1.82, 2.24) is 4.98 Å². The van der Waals surface area contributed by atoms with Crippen LogP contribution < -0.4 is 0 Å². The zero-order chi connectivity index (χ0) is 10.3. The number of hydrogen-bond acceptors (Lipinski definition) is 3. The summed E-state index contributed by atoms with van der Waals surface area (Å²) in [5, 5.41) is 0. The summed E-state index contributed by atoms with van der Waals surface area (Å²) in [6.07, 6.45) is 3.74. The van der Waals surface area contributed by atoms with Crippen LogP contribution in [0.4, 0.5) is 0 Å². The standard InChI is InChI=1S/C11H11NO3/c13-10-7(4-8-2-1-3-12-8)5-9-6-14-11(10)15-9/h1-4,9,11-12H,5-6H2/b7-4+/t9-,11+/m0/s1. The van der Waals surface area contributed by atoms with Gasteiger partial charge in [0.05, 0.1) is 12.7 Å². The molecule has 0 aromatic carbocycles. The molecule has 2 aliphatic rings. The molecule has 1 aromatic rings. The van der Waals surface area contributed by atoms with Crippen LogP contribution in [0, 0.1) is 0 Å². The lowest BCUT2D eigenvalue weighted by atomic mass is 10.0. The van der Waals surface area contributed by atoms with Crippen molar-refractivity contribution in [3.05, 3.63) is 29.6 Å². The van der Waals surface area contributed by atoms with Crippen LogP contribution in [0.3, 0.4) is 0 Å². The molecule has 78 valence electrons. The van der Waals surface area contributed by atoms with E-state index in [1.165, 1.54) is 0 Å². The van der Waals surface area contributed by atoms with E-state index in [0.29, 0.717) is 13.0 Å². The van der Waals surface area contributed by atoms with Crippen LogP contribution in [0.5, 0.6) is 0 Å². The van der Waals surface area contributed by atoms with Gasteiger partial charge in [-0.2, -0.15) is 0 Å². The summed E-state index contributed by atoms with van der Waals surface area (Å²) in [6, 6.07) is 3.83. The van der Waals surface area contributed by atoms with Crippen LogP contribution in [0.15, 0.2) is 23.9 Å². The Bertz CT molecular complexity index is 407. The highest BCUT2D eigenvalue weighted by Crippen LogP contribution is 2.29. The number of aromatic nitrogens is 1. The summed E-state index contributed by atoms with van der Waals surface area (Å²) in [6.45, 7) is 0.526. The first-order valence-corrected chi connectivity index (χ1v) is 4.98. The van der Waals surface area contributed by atoms with Gasteiger partial charge < -0.3 is 14.5 Å². The molecule has 1 N–H and O–H groups in total. The second-order valence-electron chi connectivity index (χ2n) is 3.79. The van der Waals surface area contributed by atoms with Crippen molar-refractivity contribution < 1.29 is 14.3 Å². The molecule has 2 atom stereocenters. The van der Waals surface area contributed by atoms with Gasteiger partial charge in [-0.3, -0.25) is 4.79 Å². The van der Waals surface area contributed by atoms with Crippen molar-refractivity contribution >= 4 is 11.9 Å². The molecule has 3 rings (SSSR count). The van der Waals surface area contributed by atoms with Gasteiger partial charge in [0.1, 0.15) is 0 Å². The summed E-state index contributed by atoms with van der Waals surface area (Å²) >= 11 is 0. The van der Waals surface area contributed by atoms with Gasteiger partial charge in [-0.15, -0.1) is 0 Å². The van der Waals surface area contributed by atoms with Crippen molar-refractivity contribution in [2.45, 2.75) is 18.8 Å². The molecule has 2 saturated heterocycles. The smallest absolute Gasteiger partial charge is 0.222 e. The number of hydrogen-bond donors (Lipinski definition) is 1. The Balaban J connectivity index is 1.90. The molecule has 1 aromatic heterocycles. The molecule has 0 radical (unpaired) electrons. The minimum absolute atomic E-state index is 0.0432. The number of nitrogens with one attached hydrogen (secondary N) is 1. The van der Waals surface area contributed by atoms with E-state index in [4.69, 9.17) is 9.47 Å². The number of ether oxygens (including phenoxy) is 2. The van der Waals surface area contributed by atoms with E-state index in [2.05, 4.69) is 4.98 Å². The number of Topliss-reactive ketones (excluding diaryl/α,β-unsaturated/α-hetero) is 1. The molecule has 0 unspecified atom stereocenters. The molecule has 2 bridgehead atoms. The third-order valence-electron chi connectivity index (χ3n) is 2.68. The van der Waals surface area contributed by atoms with Gasteiger partial charge in [0.25, 0.3) is 0 Å². The summed E-state index contributed by atoms with van der Waals surface area (Å²) in [7, 11) is 0. The highest BCUT2D eigenvalue weighted by molar-refractivity contribution is 6.02. The van der Waals surface area contributed by atoms with E-state index in [-0.39, 0.29) is 11.9 Å². The van der Waals surface area contributed by atoms with Gasteiger partial charge in [0, 0.05) is 23.9 Å². The number of rotatable bonds is 1. The number of carbonyl (C=O) groups excluding carboxylic acids is 1. The van der Waals surface area contributed by atoms with E-state index in [0.717, 1.165) is 11.3 Å². The summed E-state index contributed by atoms with van der Waals surface area (Å²) in [4.78, 5) is 14.8. The van der Waals surface area contributed by atoms with E-state index in [1.807, 2.05) is 24.4 Å². The molecule has 0 saturated carbocycles. The Labute approximate surface area is 86.9 Å². The van der Waals surface area contributed by atoms with Crippen LogP contribution >= 0.6 is 0 Å². The Morgan fingerprint density at radius 2 is 2.47 bits per heavy atom. The third-order valence-corrected chi connectivity index (χ3v) is 2.68. The Morgan fingerprint density at radius 3 is 3.27 bits per heavy atom.